The number of hydrogen-bond acceptors (Lipinski definition) is 1. The zero-order chi connectivity index (χ0) is 23.6. The summed E-state index contributed by atoms with van der Waals surface area (Å²) in [6.45, 7) is 5.66. The van der Waals surface area contributed by atoms with Gasteiger partial charge < -0.3 is 0 Å². The van der Waals surface area contributed by atoms with Crippen LogP contribution in [-0.4, -0.2) is 5.60 Å². The monoisotopic (exact) mass is 446 g/mol. The fourth-order valence-electron chi connectivity index (χ4n) is 3.42. The molecule has 0 N–H and O–H groups in total. The molecule has 0 saturated carbocycles. The molecule has 0 aliphatic carbocycles. The third-order valence-electron chi connectivity index (χ3n) is 5.01. The summed E-state index contributed by atoms with van der Waals surface area (Å²) in [6.07, 6.45) is 0. The van der Waals surface area contributed by atoms with Gasteiger partial charge in [-0.3, -0.25) is 0 Å². The van der Waals surface area contributed by atoms with Crippen molar-refractivity contribution < 1.29 is 18.0 Å². The second-order valence-corrected chi connectivity index (χ2v) is 8.74. The number of hydrogen-bond donors (Lipinski definition) is 0. The maximum Gasteiger partial charge on any atom is 0.123 e. The quantitative estimate of drug-likeness (QED) is 0.284. The normalized spacial score (nSPS) is 11.5. The van der Waals surface area contributed by atoms with Crippen LogP contribution in [0.2, 0.25) is 0 Å². The molecule has 5 heteroatoms. The van der Waals surface area contributed by atoms with Crippen LogP contribution in [0.25, 0.3) is 33.4 Å². The van der Waals surface area contributed by atoms with E-state index in [1.807, 2.05) is 32.9 Å². The number of halogens is 3. The summed E-state index contributed by atoms with van der Waals surface area (Å²) < 4.78 is 40.8. The van der Waals surface area contributed by atoms with Gasteiger partial charge in [-0.05, 0) is 91.6 Å². The summed E-state index contributed by atoms with van der Waals surface area (Å²) in [7, 11) is 0. The first-order chi connectivity index (χ1) is 15.7. The van der Waals surface area contributed by atoms with Crippen LogP contribution in [-0.2, 0) is 4.84 Å². The molecule has 0 spiro atoms. The molecular formula is C28H23F3NO. The molecule has 0 unspecified atom stereocenters. The van der Waals surface area contributed by atoms with Gasteiger partial charge in [0.05, 0.1) is 5.60 Å². The molecule has 167 valence electrons. The SMILES string of the molecule is CC(C)(C)O[N]c1c(-c2ccc(F)cc2)cc(-c2ccc(F)cc2)cc1-c1ccc(F)cc1. The highest BCUT2D eigenvalue weighted by molar-refractivity contribution is 5.92. The maximum atomic E-state index is 13.7. The Morgan fingerprint density at radius 2 is 0.909 bits per heavy atom. The van der Waals surface area contributed by atoms with Gasteiger partial charge in [0.25, 0.3) is 0 Å². The van der Waals surface area contributed by atoms with Crippen molar-refractivity contribution in [2.45, 2.75) is 26.4 Å². The van der Waals surface area contributed by atoms with E-state index in [0.717, 1.165) is 22.3 Å². The molecule has 0 aliphatic rings. The van der Waals surface area contributed by atoms with Crippen molar-refractivity contribution in [1.29, 1.82) is 0 Å². The molecule has 0 amide bonds. The average Bonchev–Trinajstić information content (AvgIpc) is 2.78. The van der Waals surface area contributed by atoms with Crippen molar-refractivity contribution in [3.63, 3.8) is 0 Å². The van der Waals surface area contributed by atoms with Crippen LogP contribution in [0, 0.1) is 17.5 Å². The molecule has 4 aromatic carbocycles. The van der Waals surface area contributed by atoms with Gasteiger partial charge in [0.1, 0.15) is 23.1 Å². The number of nitrogens with zero attached hydrogens (tertiary/aromatic N) is 1. The van der Waals surface area contributed by atoms with Crippen LogP contribution in [0.5, 0.6) is 0 Å². The average molecular weight is 446 g/mol. The van der Waals surface area contributed by atoms with E-state index in [-0.39, 0.29) is 17.5 Å². The van der Waals surface area contributed by atoms with Crippen LogP contribution in [0.3, 0.4) is 0 Å². The summed E-state index contributed by atoms with van der Waals surface area (Å²) in [6, 6.07) is 22.2. The lowest BCUT2D eigenvalue weighted by Crippen LogP contribution is -2.22. The predicted octanol–water partition coefficient (Wildman–Crippen LogP) is 8.07. The Balaban J connectivity index is 1.98. The largest absolute Gasteiger partial charge is 0.246 e. The Bertz CT molecular complexity index is 1180. The highest BCUT2D eigenvalue weighted by Crippen LogP contribution is 2.41. The molecule has 1 radical (unpaired) electrons. The highest BCUT2D eigenvalue weighted by Gasteiger charge is 2.20. The Kier molecular flexibility index (Phi) is 6.25. The van der Waals surface area contributed by atoms with Crippen LogP contribution >= 0.6 is 0 Å². The van der Waals surface area contributed by atoms with Gasteiger partial charge in [0, 0.05) is 11.1 Å². The van der Waals surface area contributed by atoms with Crippen molar-refractivity contribution in [2.75, 3.05) is 0 Å². The van der Waals surface area contributed by atoms with Crippen LogP contribution in [0.4, 0.5) is 18.9 Å². The molecule has 0 fully saturated rings. The summed E-state index contributed by atoms with van der Waals surface area (Å²) in [5.74, 6) is -1.03. The Labute approximate surface area is 191 Å². The second-order valence-electron chi connectivity index (χ2n) is 8.74. The van der Waals surface area contributed by atoms with Gasteiger partial charge in [0.2, 0.25) is 0 Å². The summed E-state index contributed by atoms with van der Waals surface area (Å²) in [4.78, 5) is 5.78. The molecule has 0 aromatic heterocycles. The van der Waals surface area contributed by atoms with Crippen molar-refractivity contribution in [3.8, 4) is 33.4 Å². The maximum absolute atomic E-state index is 13.7. The topological polar surface area (TPSA) is 23.3 Å². The Hall–Kier alpha value is -3.57. The van der Waals surface area contributed by atoms with Gasteiger partial charge in [-0.2, -0.15) is 0 Å². The van der Waals surface area contributed by atoms with Crippen LogP contribution in [0.1, 0.15) is 20.8 Å². The van der Waals surface area contributed by atoms with E-state index in [1.54, 1.807) is 36.4 Å². The first kappa shape index (κ1) is 22.6. The molecule has 0 atom stereocenters. The summed E-state index contributed by atoms with van der Waals surface area (Å²) in [5.41, 5.74) is 8.96. The van der Waals surface area contributed by atoms with Gasteiger partial charge in [0.15, 0.2) is 0 Å². The van der Waals surface area contributed by atoms with Gasteiger partial charge in [-0.25, -0.2) is 18.0 Å². The van der Waals surface area contributed by atoms with Crippen molar-refractivity contribution in [2.24, 2.45) is 0 Å². The molecule has 4 aromatic rings. The fourth-order valence-corrected chi connectivity index (χ4v) is 3.42. The second kappa shape index (κ2) is 9.12. The zero-order valence-corrected chi connectivity index (χ0v) is 18.6. The van der Waals surface area contributed by atoms with Gasteiger partial charge in [-0.1, -0.05) is 36.4 Å². The van der Waals surface area contributed by atoms with Gasteiger partial charge >= 0.3 is 0 Å². The lowest BCUT2D eigenvalue weighted by molar-refractivity contribution is -0.0541. The first-order valence-corrected chi connectivity index (χ1v) is 10.5. The molecule has 2 nitrogen and oxygen atoms in total. The molecule has 0 heterocycles. The molecule has 33 heavy (non-hydrogen) atoms. The summed E-state index contributed by atoms with van der Waals surface area (Å²) >= 11 is 0. The minimum atomic E-state index is -0.546. The van der Waals surface area contributed by atoms with E-state index in [1.165, 1.54) is 36.4 Å². The molecular weight excluding hydrogens is 423 g/mol. The Morgan fingerprint density at radius 3 is 1.27 bits per heavy atom. The highest BCUT2D eigenvalue weighted by atomic mass is 19.1. The predicted molar refractivity (Wildman–Crippen MR) is 125 cm³/mol. The summed E-state index contributed by atoms with van der Waals surface area (Å²) in [5, 5.41) is 0. The van der Waals surface area contributed by atoms with E-state index >= 15 is 0 Å². The van der Waals surface area contributed by atoms with Crippen molar-refractivity contribution in [1.82, 2.24) is 5.48 Å². The van der Waals surface area contributed by atoms with Gasteiger partial charge in [-0.15, -0.1) is 5.48 Å². The molecule has 4 rings (SSSR count). The van der Waals surface area contributed by atoms with E-state index in [2.05, 4.69) is 5.48 Å². The van der Waals surface area contributed by atoms with Crippen LogP contribution in [0.15, 0.2) is 84.9 Å². The minimum Gasteiger partial charge on any atom is -0.246 e. The molecule has 0 bridgehead atoms. The lowest BCUT2D eigenvalue weighted by Gasteiger charge is -2.22. The van der Waals surface area contributed by atoms with E-state index in [0.29, 0.717) is 16.8 Å². The van der Waals surface area contributed by atoms with Crippen molar-refractivity contribution >= 4 is 5.69 Å². The zero-order valence-electron chi connectivity index (χ0n) is 18.6. The molecule has 0 saturated heterocycles. The van der Waals surface area contributed by atoms with E-state index in [9.17, 15) is 13.2 Å². The first-order valence-electron chi connectivity index (χ1n) is 10.5. The smallest absolute Gasteiger partial charge is 0.123 e. The Morgan fingerprint density at radius 1 is 0.545 bits per heavy atom. The number of benzene rings is 4. The van der Waals surface area contributed by atoms with E-state index < -0.39 is 5.60 Å². The fraction of sp³-hybridized carbons (Fsp3) is 0.143. The van der Waals surface area contributed by atoms with Crippen LogP contribution < -0.4 is 5.48 Å². The van der Waals surface area contributed by atoms with E-state index in [4.69, 9.17) is 4.84 Å². The van der Waals surface area contributed by atoms with Crippen molar-refractivity contribution in [3.05, 3.63) is 102 Å². The molecule has 0 aliphatic heterocycles. The lowest BCUT2D eigenvalue weighted by atomic mass is 9.91. The third kappa shape index (κ3) is 5.44. The minimum absolute atomic E-state index is 0.332. The third-order valence-corrected chi connectivity index (χ3v) is 5.01. The number of rotatable bonds is 5. The standard InChI is InChI=1S/C28H23F3NO/c1-28(2,3)33-32-27-25(19-6-12-23(30)13-7-19)16-21(18-4-10-22(29)11-5-18)17-26(27)20-8-14-24(31)15-9-20/h4-17H,1-3H3.